The number of rotatable bonds is 4. The summed E-state index contributed by atoms with van der Waals surface area (Å²) in [6.45, 7) is 0. The third-order valence-electron chi connectivity index (χ3n) is 2.98. The van der Waals surface area contributed by atoms with Crippen LogP contribution in [0.3, 0.4) is 0 Å². The molecule has 0 spiro atoms. The van der Waals surface area contributed by atoms with Gasteiger partial charge in [0.15, 0.2) is 0 Å². The number of ketones is 1. The fourth-order valence-electron chi connectivity index (χ4n) is 1.97. The summed E-state index contributed by atoms with van der Waals surface area (Å²) >= 11 is 0. The van der Waals surface area contributed by atoms with Crippen LogP contribution >= 0.6 is 0 Å². The molecule has 21 heavy (non-hydrogen) atoms. The fraction of sp³-hybridized carbons (Fsp3) is 0.133. The maximum atomic E-state index is 14.0. The molecule has 0 amide bonds. The van der Waals surface area contributed by atoms with Crippen LogP contribution < -0.4 is 15.2 Å². The normalized spacial score (nSPS) is 10.3. The predicted octanol–water partition coefficient (Wildman–Crippen LogP) is 2.80. The van der Waals surface area contributed by atoms with Gasteiger partial charge in [-0.05, 0) is 12.1 Å². The Balaban J connectivity index is 2.61. The van der Waals surface area contributed by atoms with Crippen molar-refractivity contribution in [2.75, 3.05) is 20.0 Å². The van der Waals surface area contributed by atoms with Gasteiger partial charge in [-0.15, -0.1) is 0 Å². The lowest BCUT2D eigenvalue weighted by Crippen LogP contribution is -2.12. The Hall–Kier alpha value is -2.63. The molecule has 0 aromatic heterocycles. The molecule has 0 aliphatic carbocycles. The van der Waals surface area contributed by atoms with Gasteiger partial charge in [-0.1, -0.05) is 6.07 Å². The lowest BCUT2D eigenvalue weighted by Gasteiger charge is -2.12. The molecular formula is C15H13F2NO3. The van der Waals surface area contributed by atoms with Gasteiger partial charge in [0.2, 0.25) is 5.78 Å². The second-order valence-corrected chi connectivity index (χ2v) is 4.22. The van der Waals surface area contributed by atoms with Gasteiger partial charge in [0.1, 0.15) is 23.1 Å². The molecule has 2 rings (SSSR count). The largest absolute Gasteiger partial charge is 0.497 e. The molecule has 2 aromatic carbocycles. The van der Waals surface area contributed by atoms with E-state index in [0.717, 1.165) is 12.1 Å². The number of ether oxygens (including phenoxy) is 2. The number of methoxy groups -OCH3 is 2. The van der Waals surface area contributed by atoms with Crippen molar-refractivity contribution in [3.63, 3.8) is 0 Å². The summed E-state index contributed by atoms with van der Waals surface area (Å²) in [6, 6.07) is 6.38. The third kappa shape index (κ3) is 2.65. The highest BCUT2D eigenvalue weighted by Crippen LogP contribution is 2.30. The number of halogens is 2. The molecule has 110 valence electrons. The van der Waals surface area contributed by atoms with Crippen LogP contribution in [0.4, 0.5) is 14.5 Å². The molecule has 0 saturated heterocycles. The minimum absolute atomic E-state index is 0.0189. The zero-order chi connectivity index (χ0) is 15.6. The second kappa shape index (κ2) is 5.78. The van der Waals surface area contributed by atoms with E-state index in [4.69, 9.17) is 15.2 Å². The fourth-order valence-corrected chi connectivity index (χ4v) is 1.97. The second-order valence-electron chi connectivity index (χ2n) is 4.22. The van der Waals surface area contributed by atoms with Crippen molar-refractivity contribution in [3.8, 4) is 11.5 Å². The maximum absolute atomic E-state index is 14.0. The van der Waals surface area contributed by atoms with E-state index in [9.17, 15) is 13.6 Å². The monoisotopic (exact) mass is 293 g/mol. The Morgan fingerprint density at radius 3 is 2.19 bits per heavy atom. The van der Waals surface area contributed by atoms with E-state index in [2.05, 4.69) is 0 Å². The van der Waals surface area contributed by atoms with Crippen molar-refractivity contribution in [3.05, 3.63) is 53.1 Å². The van der Waals surface area contributed by atoms with Crippen LogP contribution in [-0.2, 0) is 0 Å². The van der Waals surface area contributed by atoms with E-state index in [1.807, 2.05) is 0 Å². The van der Waals surface area contributed by atoms with E-state index < -0.39 is 23.0 Å². The van der Waals surface area contributed by atoms with Gasteiger partial charge in [0.05, 0.1) is 25.3 Å². The Morgan fingerprint density at radius 2 is 1.67 bits per heavy atom. The predicted molar refractivity (Wildman–Crippen MR) is 73.7 cm³/mol. The van der Waals surface area contributed by atoms with Crippen molar-refractivity contribution in [1.82, 2.24) is 0 Å². The summed E-state index contributed by atoms with van der Waals surface area (Å²) in [7, 11) is 2.61. The zero-order valence-corrected chi connectivity index (χ0v) is 11.4. The maximum Gasteiger partial charge on any atom is 0.204 e. The number of nitrogen functional groups attached to an aromatic ring is 1. The van der Waals surface area contributed by atoms with Crippen molar-refractivity contribution in [2.24, 2.45) is 0 Å². The first-order valence-electron chi connectivity index (χ1n) is 5.99. The minimum Gasteiger partial charge on any atom is -0.497 e. The molecule has 2 N–H and O–H groups in total. The highest BCUT2D eigenvalue weighted by atomic mass is 19.1. The summed E-state index contributed by atoms with van der Waals surface area (Å²) in [5.41, 5.74) is 5.02. The van der Waals surface area contributed by atoms with Crippen LogP contribution in [0.25, 0.3) is 0 Å². The number of carbonyl (C=O) groups excluding carboxylic acids is 1. The number of anilines is 1. The first kappa shape index (κ1) is 14.8. The van der Waals surface area contributed by atoms with Crippen molar-refractivity contribution >= 4 is 11.5 Å². The van der Waals surface area contributed by atoms with Crippen LogP contribution in [0.5, 0.6) is 11.5 Å². The highest BCUT2D eigenvalue weighted by Gasteiger charge is 2.25. The van der Waals surface area contributed by atoms with Crippen LogP contribution in [-0.4, -0.2) is 20.0 Å². The van der Waals surface area contributed by atoms with Gasteiger partial charge in [-0.2, -0.15) is 0 Å². The van der Waals surface area contributed by atoms with Crippen molar-refractivity contribution in [1.29, 1.82) is 0 Å². The lowest BCUT2D eigenvalue weighted by molar-refractivity contribution is 0.102. The molecule has 2 aromatic rings. The molecular weight excluding hydrogens is 280 g/mol. The Morgan fingerprint density at radius 1 is 1.05 bits per heavy atom. The van der Waals surface area contributed by atoms with Gasteiger partial charge in [0, 0.05) is 17.8 Å². The smallest absolute Gasteiger partial charge is 0.204 e. The number of hydrogen-bond donors (Lipinski definition) is 1. The van der Waals surface area contributed by atoms with Crippen LogP contribution in [0.1, 0.15) is 15.9 Å². The van der Waals surface area contributed by atoms with E-state index in [-0.39, 0.29) is 22.7 Å². The molecule has 0 aliphatic heterocycles. The molecule has 0 saturated carbocycles. The molecule has 6 heteroatoms. The highest BCUT2D eigenvalue weighted by molar-refractivity contribution is 6.14. The number of benzene rings is 2. The molecule has 0 bridgehead atoms. The molecule has 0 heterocycles. The van der Waals surface area contributed by atoms with E-state index in [1.165, 1.54) is 26.4 Å². The molecule has 4 nitrogen and oxygen atoms in total. The van der Waals surface area contributed by atoms with Crippen molar-refractivity contribution < 1.29 is 23.0 Å². The minimum atomic E-state index is -1.03. The number of nitrogens with two attached hydrogens (primary N) is 1. The standard InChI is InChI=1S/C15H13F2NO3/c1-20-8-6-9(16)13(10(17)7-8)15(19)14-11(18)4-3-5-12(14)21-2/h3-7H,18H2,1-2H3. The molecule has 0 atom stereocenters. The molecule has 0 radical (unpaired) electrons. The number of carbonyl (C=O) groups is 1. The summed E-state index contributed by atoms with van der Waals surface area (Å²) < 4.78 is 37.7. The van der Waals surface area contributed by atoms with Crippen LogP contribution in [0.2, 0.25) is 0 Å². The zero-order valence-electron chi connectivity index (χ0n) is 11.4. The average Bonchev–Trinajstić information content (AvgIpc) is 2.45. The van der Waals surface area contributed by atoms with E-state index in [1.54, 1.807) is 6.07 Å². The van der Waals surface area contributed by atoms with Crippen LogP contribution in [0.15, 0.2) is 30.3 Å². The Kier molecular flexibility index (Phi) is 4.07. The first-order valence-corrected chi connectivity index (χ1v) is 5.99. The molecule has 0 aliphatic rings. The summed E-state index contributed by atoms with van der Waals surface area (Å²) in [6.07, 6.45) is 0. The number of hydrogen-bond acceptors (Lipinski definition) is 4. The van der Waals surface area contributed by atoms with Gasteiger partial charge in [-0.3, -0.25) is 4.79 Å². The van der Waals surface area contributed by atoms with E-state index >= 15 is 0 Å². The summed E-state index contributed by atoms with van der Waals surface area (Å²) in [5.74, 6) is -2.81. The van der Waals surface area contributed by atoms with Crippen molar-refractivity contribution in [2.45, 2.75) is 0 Å². The van der Waals surface area contributed by atoms with Gasteiger partial charge in [0.25, 0.3) is 0 Å². The van der Waals surface area contributed by atoms with Crippen LogP contribution in [0, 0.1) is 11.6 Å². The van der Waals surface area contributed by atoms with Gasteiger partial charge >= 0.3 is 0 Å². The lowest BCUT2D eigenvalue weighted by atomic mass is 9.99. The molecule has 0 unspecified atom stereocenters. The molecule has 0 fully saturated rings. The summed E-state index contributed by atoms with van der Waals surface area (Å²) in [5, 5.41) is 0. The third-order valence-corrected chi connectivity index (χ3v) is 2.98. The van der Waals surface area contributed by atoms with E-state index in [0.29, 0.717) is 0 Å². The Labute approximate surface area is 120 Å². The van der Waals surface area contributed by atoms with Gasteiger partial charge < -0.3 is 15.2 Å². The first-order chi connectivity index (χ1) is 9.99. The SMILES string of the molecule is COc1cc(F)c(C(=O)c2c(N)cccc2OC)c(F)c1. The summed E-state index contributed by atoms with van der Waals surface area (Å²) in [4.78, 5) is 12.4. The van der Waals surface area contributed by atoms with Gasteiger partial charge in [-0.25, -0.2) is 8.78 Å². The Bertz CT molecular complexity index is 678. The topological polar surface area (TPSA) is 61.5 Å². The quantitative estimate of drug-likeness (QED) is 0.695. The average molecular weight is 293 g/mol.